The standard InChI is InChI=1S/C15H22N2OS/c1-5-15(3,4)10-17-14(18)13-9-11(2)12(19-13)7-6-8-16/h9H,5,8,10,16H2,1-4H3,(H,17,18). The quantitative estimate of drug-likeness (QED) is 0.832. The van der Waals surface area contributed by atoms with E-state index in [0.717, 1.165) is 16.9 Å². The minimum absolute atomic E-state index is 0.0181. The van der Waals surface area contributed by atoms with Crippen LogP contribution in [0.5, 0.6) is 0 Å². The van der Waals surface area contributed by atoms with Crippen LogP contribution in [-0.2, 0) is 0 Å². The Balaban J connectivity index is 2.73. The summed E-state index contributed by atoms with van der Waals surface area (Å²) in [6, 6.07) is 1.89. The fourth-order valence-corrected chi connectivity index (χ4v) is 2.34. The highest BCUT2D eigenvalue weighted by Crippen LogP contribution is 2.22. The molecule has 104 valence electrons. The smallest absolute Gasteiger partial charge is 0.261 e. The highest BCUT2D eigenvalue weighted by Gasteiger charge is 2.18. The predicted molar refractivity (Wildman–Crippen MR) is 81.4 cm³/mol. The Morgan fingerprint density at radius 2 is 2.21 bits per heavy atom. The van der Waals surface area contributed by atoms with Gasteiger partial charge in [0.2, 0.25) is 0 Å². The van der Waals surface area contributed by atoms with Crippen LogP contribution in [0.2, 0.25) is 0 Å². The summed E-state index contributed by atoms with van der Waals surface area (Å²) in [4.78, 5) is 13.7. The fraction of sp³-hybridized carbons (Fsp3) is 0.533. The van der Waals surface area contributed by atoms with E-state index in [1.165, 1.54) is 11.3 Å². The third-order valence-electron chi connectivity index (χ3n) is 3.13. The number of nitrogens with one attached hydrogen (secondary N) is 1. The zero-order valence-electron chi connectivity index (χ0n) is 12.1. The number of aryl methyl sites for hydroxylation is 1. The van der Waals surface area contributed by atoms with Crippen molar-refractivity contribution in [1.82, 2.24) is 5.32 Å². The lowest BCUT2D eigenvalue weighted by Gasteiger charge is -2.22. The van der Waals surface area contributed by atoms with E-state index in [-0.39, 0.29) is 11.3 Å². The molecular formula is C15H22N2OS. The molecule has 0 aliphatic heterocycles. The van der Waals surface area contributed by atoms with Crippen molar-refractivity contribution in [3.8, 4) is 11.8 Å². The molecule has 3 N–H and O–H groups in total. The first-order valence-electron chi connectivity index (χ1n) is 6.47. The Kier molecular flexibility index (Phi) is 5.59. The molecule has 1 aromatic heterocycles. The molecule has 0 aromatic carbocycles. The zero-order valence-corrected chi connectivity index (χ0v) is 12.9. The second-order valence-electron chi connectivity index (χ2n) is 5.33. The van der Waals surface area contributed by atoms with E-state index in [1.54, 1.807) is 0 Å². The van der Waals surface area contributed by atoms with E-state index in [2.05, 4.69) is 37.9 Å². The van der Waals surface area contributed by atoms with E-state index in [4.69, 9.17) is 5.73 Å². The van der Waals surface area contributed by atoms with Gasteiger partial charge in [0.1, 0.15) is 0 Å². The molecule has 0 aliphatic rings. The molecule has 0 saturated heterocycles. The van der Waals surface area contributed by atoms with Crippen LogP contribution in [-0.4, -0.2) is 19.0 Å². The Bertz CT molecular complexity index is 506. The summed E-state index contributed by atoms with van der Waals surface area (Å²) in [7, 11) is 0. The Labute approximate surface area is 119 Å². The summed E-state index contributed by atoms with van der Waals surface area (Å²) >= 11 is 1.42. The molecule has 1 aromatic rings. The fourth-order valence-electron chi connectivity index (χ4n) is 1.38. The summed E-state index contributed by atoms with van der Waals surface area (Å²) in [6.45, 7) is 9.40. The van der Waals surface area contributed by atoms with E-state index in [0.29, 0.717) is 18.0 Å². The summed E-state index contributed by atoms with van der Waals surface area (Å²) in [5.74, 6) is 5.80. The molecule has 1 amide bonds. The van der Waals surface area contributed by atoms with Gasteiger partial charge in [-0.05, 0) is 30.4 Å². The summed E-state index contributed by atoms with van der Waals surface area (Å²) < 4.78 is 0. The lowest BCUT2D eigenvalue weighted by atomic mass is 9.90. The Hall–Kier alpha value is -1.31. The number of hydrogen-bond donors (Lipinski definition) is 2. The molecule has 1 heterocycles. The molecule has 0 bridgehead atoms. The minimum Gasteiger partial charge on any atom is -0.351 e. The van der Waals surface area contributed by atoms with Crippen molar-refractivity contribution in [1.29, 1.82) is 0 Å². The lowest BCUT2D eigenvalue weighted by molar-refractivity contribution is 0.0940. The van der Waals surface area contributed by atoms with Crippen molar-refractivity contribution in [3.63, 3.8) is 0 Å². The molecular weight excluding hydrogens is 256 g/mol. The van der Waals surface area contributed by atoms with Gasteiger partial charge in [0.25, 0.3) is 5.91 Å². The first-order chi connectivity index (χ1) is 8.89. The van der Waals surface area contributed by atoms with Crippen molar-refractivity contribution in [3.05, 3.63) is 21.4 Å². The summed E-state index contributed by atoms with van der Waals surface area (Å²) in [6.07, 6.45) is 1.03. The van der Waals surface area contributed by atoms with Crippen molar-refractivity contribution >= 4 is 17.2 Å². The van der Waals surface area contributed by atoms with Crippen molar-refractivity contribution in [2.45, 2.75) is 34.1 Å². The lowest BCUT2D eigenvalue weighted by Crippen LogP contribution is -2.33. The predicted octanol–water partition coefficient (Wildman–Crippen LogP) is 2.53. The SMILES string of the molecule is CCC(C)(C)CNC(=O)c1cc(C)c(C#CCN)s1. The summed E-state index contributed by atoms with van der Waals surface area (Å²) in [5, 5.41) is 2.99. The molecule has 0 spiro atoms. The van der Waals surface area contributed by atoms with Gasteiger partial charge in [0.15, 0.2) is 0 Å². The van der Waals surface area contributed by atoms with Crippen molar-refractivity contribution in [2.24, 2.45) is 11.1 Å². The van der Waals surface area contributed by atoms with Crippen molar-refractivity contribution < 1.29 is 4.79 Å². The van der Waals surface area contributed by atoms with E-state index in [1.807, 2.05) is 13.0 Å². The Morgan fingerprint density at radius 3 is 2.79 bits per heavy atom. The number of carbonyl (C=O) groups is 1. The average Bonchev–Trinajstić information content (AvgIpc) is 2.75. The number of nitrogens with two attached hydrogens (primary N) is 1. The number of rotatable bonds is 4. The number of hydrogen-bond acceptors (Lipinski definition) is 3. The van der Waals surface area contributed by atoms with Crippen LogP contribution in [0, 0.1) is 24.2 Å². The second kappa shape index (κ2) is 6.74. The molecule has 0 aliphatic carbocycles. The third kappa shape index (κ3) is 4.70. The average molecular weight is 278 g/mol. The molecule has 1 rings (SSSR count). The van der Waals surface area contributed by atoms with Gasteiger partial charge in [-0.3, -0.25) is 4.79 Å². The van der Waals surface area contributed by atoms with Crippen LogP contribution in [0.3, 0.4) is 0 Å². The van der Waals surface area contributed by atoms with Gasteiger partial charge >= 0.3 is 0 Å². The Morgan fingerprint density at radius 1 is 1.53 bits per heavy atom. The zero-order chi connectivity index (χ0) is 14.5. The first-order valence-corrected chi connectivity index (χ1v) is 7.29. The molecule has 19 heavy (non-hydrogen) atoms. The largest absolute Gasteiger partial charge is 0.351 e. The molecule has 0 radical (unpaired) electrons. The van der Waals surface area contributed by atoms with Gasteiger partial charge in [-0.15, -0.1) is 11.3 Å². The van der Waals surface area contributed by atoms with Crippen LogP contribution in [0.25, 0.3) is 0 Å². The number of thiophene rings is 1. The van der Waals surface area contributed by atoms with Gasteiger partial charge in [-0.25, -0.2) is 0 Å². The molecule has 0 unspecified atom stereocenters. The minimum atomic E-state index is -0.0181. The maximum atomic E-state index is 12.1. The van der Waals surface area contributed by atoms with Gasteiger partial charge < -0.3 is 11.1 Å². The first kappa shape index (κ1) is 15.7. The maximum absolute atomic E-state index is 12.1. The van der Waals surface area contributed by atoms with E-state index < -0.39 is 0 Å². The third-order valence-corrected chi connectivity index (χ3v) is 4.28. The highest BCUT2D eigenvalue weighted by atomic mass is 32.1. The maximum Gasteiger partial charge on any atom is 0.261 e. The van der Waals surface area contributed by atoms with E-state index >= 15 is 0 Å². The summed E-state index contributed by atoms with van der Waals surface area (Å²) in [5.41, 5.74) is 6.52. The van der Waals surface area contributed by atoms with Gasteiger partial charge in [0.05, 0.1) is 16.3 Å². The monoisotopic (exact) mass is 278 g/mol. The van der Waals surface area contributed by atoms with Crippen LogP contribution in [0.1, 0.15) is 47.3 Å². The molecule has 0 atom stereocenters. The van der Waals surface area contributed by atoms with Crippen LogP contribution in [0.15, 0.2) is 6.07 Å². The molecule has 0 saturated carbocycles. The number of carbonyl (C=O) groups excluding carboxylic acids is 1. The van der Waals surface area contributed by atoms with Crippen LogP contribution in [0.4, 0.5) is 0 Å². The normalized spacial score (nSPS) is 10.8. The molecule has 0 fully saturated rings. The number of amides is 1. The van der Waals surface area contributed by atoms with Crippen molar-refractivity contribution in [2.75, 3.05) is 13.1 Å². The van der Waals surface area contributed by atoms with Gasteiger partial charge in [-0.1, -0.05) is 32.6 Å². The second-order valence-corrected chi connectivity index (χ2v) is 6.38. The molecule has 4 heteroatoms. The highest BCUT2D eigenvalue weighted by molar-refractivity contribution is 7.14. The van der Waals surface area contributed by atoms with Gasteiger partial charge in [-0.2, -0.15) is 0 Å². The topological polar surface area (TPSA) is 55.1 Å². The molecule has 3 nitrogen and oxygen atoms in total. The van der Waals surface area contributed by atoms with E-state index in [9.17, 15) is 4.79 Å². The van der Waals surface area contributed by atoms with Crippen LogP contribution < -0.4 is 11.1 Å². The van der Waals surface area contributed by atoms with Gasteiger partial charge in [0, 0.05) is 6.54 Å². The van der Waals surface area contributed by atoms with Crippen LogP contribution >= 0.6 is 11.3 Å².